The van der Waals surface area contributed by atoms with Gasteiger partial charge in [-0.25, -0.2) is 0 Å². The third-order valence-electron chi connectivity index (χ3n) is 6.22. The van der Waals surface area contributed by atoms with Crippen molar-refractivity contribution in [2.75, 3.05) is 53.6 Å². The van der Waals surface area contributed by atoms with Gasteiger partial charge in [0.1, 0.15) is 24.7 Å². The minimum atomic E-state index is 0.491. The molecule has 1 aliphatic rings. The van der Waals surface area contributed by atoms with Crippen molar-refractivity contribution in [3.05, 3.63) is 65.9 Å². The Kier molecular flexibility index (Phi) is 8.96. The van der Waals surface area contributed by atoms with Gasteiger partial charge in [-0.2, -0.15) is 5.10 Å². The van der Waals surface area contributed by atoms with Gasteiger partial charge in [-0.1, -0.05) is 12.1 Å². The highest BCUT2D eigenvalue weighted by molar-refractivity contribution is 5.63. The number of aromatic amines is 1. The monoisotopic (exact) mass is 464 g/mol. The number of benzene rings is 2. The predicted molar refractivity (Wildman–Crippen MR) is 135 cm³/mol. The Morgan fingerprint density at radius 2 is 1.65 bits per heavy atom. The van der Waals surface area contributed by atoms with Crippen LogP contribution in [-0.4, -0.2) is 68.7 Å². The molecule has 2 N–H and O–H groups in total. The first kappa shape index (κ1) is 24.3. The molecule has 2 heterocycles. The first-order valence-corrected chi connectivity index (χ1v) is 12.1. The van der Waals surface area contributed by atoms with Crippen LogP contribution in [0.2, 0.25) is 0 Å². The fourth-order valence-corrected chi connectivity index (χ4v) is 4.25. The number of rotatable bonds is 12. The summed E-state index contributed by atoms with van der Waals surface area (Å²) >= 11 is 0. The Morgan fingerprint density at radius 1 is 1.00 bits per heavy atom. The smallest absolute Gasteiger partial charge is 0.122 e. The number of hydrogen-bond acceptors (Lipinski definition) is 6. The van der Waals surface area contributed by atoms with Crippen molar-refractivity contribution < 1.29 is 14.2 Å². The van der Waals surface area contributed by atoms with Crippen molar-refractivity contribution in [2.45, 2.75) is 25.3 Å². The van der Waals surface area contributed by atoms with Crippen LogP contribution in [0.15, 0.2) is 54.7 Å². The molecule has 0 amide bonds. The van der Waals surface area contributed by atoms with Gasteiger partial charge in [0.25, 0.3) is 0 Å². The van der Waals surface area contributed by atoms with Crippen LogP contribution in [-0.2, 0) is 11.3 Å². The number of hydrogen-bond donors (Lipinski definition) is 2. The van der Waals surface area contributed by atoms with Crippen LogP contribution < -0.4 is 14.8 Å². The first-order chi connectivity index (χ1) is 16.7. The molecule has 0 unspecified atom stereocenters. The summed E-state index contributed by atoms with van der Waals surface area (Å²) in [5.74, 6) is 2.30. The molecular weight excluding hydrogens is 428 g/mol. The van der Waals surface area contributed by atoms with E-state index in [1.807, 2.05) is 25.4 Å². The van der Waals surface area contributed by atoms with Crippen molar-refractivity contribution in [3.63, 3.8) is 0 Å². The van der Waals surface area contributed by atoms with Crippen molar-refractivity contribution in [1.29, 1.82) is 0 Å². The molecular formula is C27H36N4O3. The average molecular weight is 465 g/mol. The summed E-state index contributed by atoms with van der Waals surface area (Å²) in [6.45, 7) is 5.50. The van der Waals surface area contributed by atoms with Crippen LogP contribution >= 0.6 is 0 Å². The van der Waals surface area contributed by atoms with Gasteiger partial charge in [-0.05, 0) is 74.8 Å². The Morgan fingerprint density at radius 3 is 2.29 bits per heavy atom. The summed E-state index contributed by atoms with van der Waals surface area (Å²) in [5, 5.41) is 10.7. The maximum absolute atomic E-state index is 5.88. The quantitative estimate of drug-likeness (QED) is 0.394. The van der Waals surface area contributed by atoms with Gasteiger partial charge < -0.3 is 24.4 Å². The van der Waals surface area contributed by atoms with Gasteiger partial charge in [0.2, 0.25) is 0 Å². The van der Waals surface area contributed by atoms with E-state index < -0.39 is 0 Å². The van der Waals surface area contributed by atoms with E-state index in [9.17, 15) is 0 Å². The zero-order valence-electron chi connectivity index (χ0n) is 20.3. The van der Waals surface area contributed by atoms with E-state index in [2.05, 4.69) is 63.9 Å². The van der Waals surface area contributed by atoms with E-state index in [4.69, 9.17) is 14.2 Å². The number of aromatic nitrogens is 2. The van der Waals surface area contributed by atoms with E-state index in [0.29, 0.717) is 19.1 Å². The lowest BCUT2D eigenvalue weighted by Crippen LogP contribution is -2.26. The van der Waals surface area contributed by atoms with E-state index in [1.54, 1.807) is 0 Å². The van der Waals surface area contributed by atoms with Crippen LogP contribution in [0.5, 0.6) is 11.5 Å². The molecule has 7 nitrogen and oxygen atoms in total. The Balaban J connectivity index is 1.22. The molecule has 3 aromatic rings. The second-order valence-corrected chi connectivity index (χ2v) is 8.78. The van der Waals surface area contributed by atoms with Gasteiger partial charge in [0.15, 0.2) is 0 Å². The maximum atomic E-state index is 5.88. The molecule has 1 aromatic heterocycles. The van der Waals surface area contributed by atoms with E-state index in [0.717, 1.165) is 68.4 Å². The SMILES string of the molecule is CNCCN(C)Cc1c[nH]nc1-c1ccc(OCCOc2ccc(C3CCOCC3)cc2)cc1. The van der Waals surface area contributed by atoms with Crippen LogP contribution in [0.4, 0.5) is 0 Å². The number of nitrogens with zero attached hydrogens (tertiary/aromatic N) is 2. The van der Waals surface area contributed by atoms with Crippen LogP contribution in [0.25, 0.3) is 11.3 Å². The molecule has 1 fully saturated rings. The fourth-order valence-electron chi connectivity index (χ4n) is 4.25. The minimum Gasteiger partial charge on any atom is -0.490 e. The molecule has 4 rings (SSSR count). The van der Waals surface area contributed by atoms with Crippen molar-refractivity contribution in [1.82, 2.24) is 20.4 Å². The Labute approximate surface area is 202 Å². The lowest BCUT2D eigenvalue weighted by atomic mass is 9.92. The Hall–Kier alpha value is -2.87. The van der Waals surface area contributed by atoms with Crippen LogP contribution in [0.3, 0.4) is 0 Å². The molecule has 1 aliphatic heterocycles. The summed E-state index contributed by atoms with van der Waals surface area (Å²) in [5.41, 5.74) is 4.61. The topological polar surface area (TPSA) is 71.6 Å². The summed E-state index contributed by atoms with van der Waals surface area (Å²) in [6.07, 6.45) is 4.17. The van der Waals surface area contributed by atoms with Crippen LogP contribution in [0, 0.1) is 0 Å². The third-order valence-corrected chi connectivity index (χ3v) is 6.22. The van der Waals surface area contributed by atoms with Crippen LogP contribution in [0.1, 0.15) is 29.9 Å². The van der Waals surface area contributed by atoms with E-state index in [1.165, 1.54) is 11.1 Å². The highest BCUT2D eigenvalue weighted by atomic mass is 16.5. The number of H-pyrrole nitrogens is 1. The zero-order valence-corrected chi connectivity index (χ0v) is 20.3. The molecule has 0 aliphatic carbocycles. The van der Waals surface area contributed by atoms with Crippen molar-refractivity contribution in [2.24, 2.45) is 0 Å². The van der Waals surface area contributed by atoms with Gasteiger partial charge in [0, 0.05) is 50.2 Å². The average Bonchev–Trinajstić information content (AvgIpc) is 3.34. The first-order valence-electron chi connectivity index (χ1n) is 12.1. The molecule has 0 atom stereocenters. The highest BCUT2D eigenvalue weighted by Gasteiger charge is 2.15. The summed E-state index contributed by atoms with van der Waals surface area (Å²) in [4.78, 5) is 2.28. The highest BCUT2D eigenvalue weighted by Crippen LogP contribution is 2.28. The predicted octanol–water partition coefficient (Wildman–Crippen LogP) is 4.08. The standard InChI is InChI=1S/C27H36N4O3/c1-28-13-14-31(2)20-24-19-29-30-27(24)23-5-9-26(10-6-23)34-18-17-33-25-7-3-21(4-8-25)22-11-15-32-16-12-22/h3-10,19,22,28H,11-18,20H2,1-2H3,(H,29,30). The lowest BCUT2D eigenvalue weighted by molar-refractivity contribution is 0.0853. The molecule has 2 aromatic carbocycles. The molecule has 1 saturated heterocycles. The largest absolute Gasteiger partial charge is 0.490 e. The zero-order chi connectivity index (χ0) is 23.6. The summed E-state index contributed by atoms with van der Waals surface area (Å²) < 4.78 is 17.2. The fraction of sp³-hybridized carbons (Fsp3) is 0.444. The Bertz CT molecular complexity index is 982. The second-order valence-electron chi connectivity index (χ2n) is 8.78. The second kappa shape index (κ2) is 12.6. The maximum Gasteiger partial charge on any atom is 0.122 e. The summed E-state index contributed by atoms with van der Waals surface area (Å²) in [6, 6.07) is 16.5. The molecule has 182 valence electrons. The van der Waals surface area contributed by atoms with E-state index >= 15 is 0 Å². The number of nitrogens with one attached hydrogen (secondary N) is 2. The minimum absolute atomic E-state index is 0.491. The molecule has 7 heteroatoms. The number of ether oxygens (including phenoxy) is 3. The molecule has 0 radical (unpaired) electrons. The molecule has 34 heavy (non-hydrogen) atoms. The molecule has 0 spiro atoms. The van der Waals surface area contributed by atoms with Crippen molar-refractivity contribution >= 4 is 0 Å². The van der Waals surface area contributed by atoms with Crippen molar-refractivity contribution in [3.8, 4) is 22.8 Å². The van der Waals surface area contributed by atoms with Gasteiger partial charge in [-0.3, -0.25) is 5.10 Å². The van der Waals surface area contributed by atoms with E-state index in [-0.39, 0.29) is 0 Å². The van der Waals surface area contributed by atoms with Gasteiger partial charge >= 0.3 is 0 Å². The van der Waals surface area contributed by atoms with Gasteiger partial charge in [0.05, 0.1) is 5.69 Å². The third kappa shape index (κ3) is 6.82. The lowest BCUT2D eigenvalue weighted by Gasteiger charge is -2.22. The molecule has 0 saturated carbocycles. The number of likely N-dealkylation sites (N-methyl/N-ethyl adjacent to an activating group) is 2. The van der Waals surface area contributed by atoms with Gasteiger partial charge in [-0.15, -0.1) is 0 Å². The normalized spacial score (nSPS) is 14.4. The molecule has 0 bridgehead atoms. The summed E-state index contributed by atoms with van der Waals surface area (Å²) in [7, 11) is 4.09.